The van der Waals surface area contributed by atoms with Crippen molar-refractivity contribution in [3.63, 3.8) is 0 Å². The first kappa shape index (κ1) is 16.1. The normalized spacial score (nSPS) is 13.9. The van der Waals surface area contributed by atoms with Gasteiger partial charge in [-0.2, -0.15) is 5.10 Å². The van der Waals surface area contributed by atoms with E-state index in [1.165, 1.54) is 6.20 Å². The monoisotopic (exact) mass is 288 g/mol. The van der Waals surface area contributed by atoms with Gasteiger partial charge in [0.15, 0.2) is 0 Å². The number of nitrogens with one attached hydrogen (secondary N) is 1. The summed E-state index contributed by atoms with van der Waals surface area (Å²) in [5, 5.41) is 4.04. The predicted octanol–water partition coefficient (Wildman–Crippen LogP) is 0.945. The minimum Gasteiger partial charge on any atom is -0.330 e. The van der Waals surface area contributed by atoms with Gasteiger partial charge in [0.1, 0.15) is 4.90 Å². The molecule has 0 radical (unpaired) electrons. The van der Waals surface area contributed by atoms with Crippen LogP contribution >= 0.6 is 0 Å². The molecule has 0 fully saturated rings. The van der Waals surface area contributed by atoms with Crippen molar-refractivity contribution in [1.82, 2.24) is 14.5 Å². The van der Waals surface area contributed by atoms with E-state index in [2.05, 4.69) is 9.82 Å². The molecule has 0 aliphatic heterocycles. The Kier molecular flexibility index (Phi) is 5.96. The van der Waals surface area contributed by atoms with Gasteiger partial charge in [0.25, 0.3) is 0 Å². The molecule has 3 N–H and O–H groups in total. The van der Waals surface area contributed by atoms with Gasteiger partial charge in [-0.05, 0) is 25.3 Å². The third-order valence-electron chi connectivity index (χ3n) is 3.06. The number of aryl methyl sites for hydroxylation is 1. The Bertz CT molecular complexity index is 482. The van der Waals surface area contributed by atoms with E-state index >= 15 is 0 Å². The molecule has 19 heavy (non-hydrogen) atoms. The lowest BCUT2D eigenvalue weighted by Crippen LogP contribution is -2.37. The largest absolute Gasteiger partial charge is 0.330 e. The molecular formula is C12H24N4O2S. The lowest BCUT2D eigenvalue weighted by Gasteiger charge is -2.19. The molecule has 1 rings (SSSR count). The number of hydrogen-bond acceptors (Lipinski definition) is 4. The Morgan fingerprint density at radius 2 is 2.16 bits per heavy atom. The maximum Gasteiger partial charge on any atom is 0.243 e. The zero-order valence-corrected chi connectivity index (χ0v) is 12.7. The number of sulfonamides is 1. The van der Waals surface area contributed by atoms with Gasteiger partial charge < -0.3 is 5.73 Å². The molecule has 0 saturated heterocycles. The van der Waals surface area contributed by atoms with Gasteiger partial charge >= 0.3 is 0 Å². The zero-order valence-electron chi connectivity index (χ0n) is 11.8. The van der Waals surface area contributed by atoms with Gasteiger partial charge in [0.2, 0.25) is 10.0 Å². The highest BCUT2D eigenvalue weighted by molar-refractivity contribution is 7.89. The summed E-state index contributed by atoms with van der Waals surface area (Å²) in [6, 6.07) is -0.0580. The van der Waals surface area contributed by atoms with Crippen molar-refractivity contribution in [2.75, 3.05) is 6.54 Å². The topological polar surface area (TPSA) is 90.0 Å². The van der Waals surface area contributed by atoms with Crippen molar-refractivity contribution in [2.24, 2.45) is 11.7 Å². The minimum atomic E-state index is -3.49. The average Bonchev–Trinajstić information content (AvgIpc) is 2.82. The summed E-state index contributed by atoms with van der Waals surface area (Å²) < 4.78 is 28.7. The molecule has 0 aliphatic rings. The quantitative estimate of drug-likeness (QED) is 0.745. The molecule has 0 aromatic carbocycles. The van der Waals surface area contributed by atoms with Gasteiger partial charge in [0, 0.05) is 18.8 Å². The van der Waals surface area contributed by atoms with E-state index in [4.69, 9.17) is 5.73 Å². The Morgan fingerprint density at radius 3 is 2.68 bits per heavy atom. The first-order chi connectivity index (χ1) is 8.90. The van der Waals surface area contributed by atoms with Crippen molar-refractivity contribution in [2.45, 2.75) is 51.1 Å². The third kappa shape index (κ3) is 4.59. The van der Waals surface area contributed by atoms with Crippen LogP contribution in [0.4, 0.5) is 0 Å². The molecule has 0 spiro atoms. The summed E-state index contributed by atoms with van der Waals surface area (Å²) in [6.45, 7) is 7.17. The SMILES string of the molecule is CCC(NS(=O)(=O)c1cnn(CCCN)c1)C(C)C. The summed E-state index contributed by atoms with van der Waals surface area (Å²) in [5.41, 5.74) is 5.41. The summed E-state index contributed by atoms with van der Waals surface area (Å²) in [6.07, 6.45) is 4.47. The van der Waals surface area contributed by atoms with Gasteiger partial charge in [-0.1, -0.05) is 20.8 Å². The predicted molar refractivity (Wildman–Crippen MR) is 75.1 cm³/mol. The van der Waals surface area contributed by atoms with Crippen molar-refractivity contribution < 1.29 is 8.42 Å². The zero-order chi connectivity index (χ0) is 14.5. The van der Waals surface area contributed by atoms with E-state index in [1.807, 2.05) is 20.8 Å². The molecule has 1 atom stereocenters. The van der Waals surface area contributed by atoms with Crippen LogP contribution in [0.1, 0.15) is 33.6 Å². The van der Waals surface area contributed by atoms with Crippen molar-refractivity contribution >= 4 is 10.0 Å². The van der Waals surface area contributed by atoms with Crippen molar-refractivity contribution in [3.05, 3.63) is 12.4 Å². The number of nitrogens with two attached hydrogens (primary N) is 1. The first-order valence-corrected chi connectivity index (χ1v) is 8.14. The fourth-order valence-electron chi connectivity index (χ4n) is 1.82. The van der Waals surface area contributed by atoms with E-state index in [1.54, 1.807) is 10.9 Å². The summed E-state index contributed by atoms with van der Waals surface area (Å²) >= 11 is 0. The Labute approximate surface area is 115 Å². The van der Waals surface area contributed by atoms with Gasteiger partial charge in [0.05, 0.1) is 6.20 Å². The summed E-state index contributed by atoms with van der Waals surface area (Å²) in [5.74, 6) is 0.257. The van der Waals surface area contributed by atoms with Gasteiger partial charge in [-0.25, -0.2) is 13.1 Å². The van der Waals surface area contributed by atoms with Crippen LogP contribution in [0.25, 0.3) is 0 Å². The van der Waals surface area contributed by atoms with Gasteiger partial charge in [-0.15, -0.1) is 0 Å². The standard InChI is InChI=1S/C12H24N4O2S/c1-4-12(10(2)3)15-19(17,18)11-8-14-16(9-11)7-5-6-13/h8-10,12,15H,4-7,13H2,1-3H3. The van der Waals surface area contributed by atoms with Crippen molar-refractivity contribution in [3.8, 4) is 0 Å². The molecular weight excluding hydrogens is 264 g/mol. The van der Waals surface area contributed by atoms with Crippen LogP contribution in [0.15, 0.2) is 17.3 Å². The minimum absolute atomic E-state index is 0.0580. The van der Waals surface area contributed by atoms with E-state index < -0.39 is 10.0 Å². The second-order valence-electron chi connectivity index (χ2n) is 4.96. The van der Waals surface area contributed by atoms with Crippen LogP contribution in [0.5, 0.6) is 0 Å². The molecule has 1 unspecified atom stereocenters. The fraction of sp³-hybridized carbons (Fsp3) is 0.750. The van der Waals surface area contributed by atoms with E-state index in [9.17, 15) is 8.42 Å². The second kappa shape index (κ2) is 7.02. The van der Waals surface area contributed by atoms with Crippen LogP contribution in [-0.4, -0.2) is 30.8 Å². The Hall–Kier alpha value is -0.920. The molecule has 110 valence electrons. The second-order valence-corrected chi connectivity index (χ2v) is 6.68. The maximum atomic E-state index is 12.2. The molecule has 7 heteroatoms. The highest BCUT2D eigenvalue weighted by Gasteiger charge is 2.22. The van der Waals surface area contributed by atoms with Crippen LogP contribution < -0.4 is 10.5 Å². The fourth-order valence-corrected chi connectivity index (χ4v) is 3.24. The molecule has 0 bridgehead atoms. The molecule has 1 heterocycles. The molecule has 1 aromatic rings. The smallest absolute Gasteiger partial charge is 0.243 e. The number of nitrogens with zero attached hydrogens (tertiary/aromatic N) is 2. The summed E-state index contributed by atoms with van der Waals surface area (Å²) in [7, 11) is -3.49. The van der Waals surface area contributed by atoms with Crippen LogP contribution in [0.3, 0.4) is 0 Å². The highest BCUT2D eigenvalue weighted by Crippen LogP contribution is 2.12. The van der Waals surface area contributed by atoms with Crippen LogP contribution in [0, 0.1) is 5.92 Å². The van der Waals surface area contributed by atoms with E-state index in [0.29, 0.717) is 13.1 Å². The average molecular weight is 288 g/mol. The number of aromatic nitrogens is 2. The van der Waals surface area contributed by atoms with E-state index in [-0.39, 0.29) is 16.9 Å². The number of hydrogen-bond donors (Lipinski definition) is 2. The maximum absolute atomic E-state index is 12.2. The lowest BCUT2D eigenvalue weighted by molar-refractivity contribution is 0.437. The molecule has 0 aliphatic carbocycles. The first-order valence-electron chi connectivity index (χ1n) is 6.65. The van der Waals surface area contributed by atoms with Crippen LogP contribution in [-0.2, 0) is 16.6 Å². The van der Waals surface area contributed by atoms with E-state index in [0.717, 1.165) is 12.8 Å². The Morgan fingerprint density at radius 1 is 1.47 bits per heavy atom. The highest BCUT2D eigenvalue weighted by atomic mass is 32.2. The molecule has 0 amide bonds. The molecule has 0 saturated carbocycles. The molecule has 6 nitrogen and oxygen atoms in total. The lowest BCUT2D eigenvalue weighted by atomic mass is 10.0. The third-order valence-corrected chi connectivity index (χ3v) is 4.51. The summed E-state index contributed by atoms with van der Waals surface area (Å²) in [4.78, 5) is 0.212. The molecule has 1 aromatic heterocycles. The van der Waals surface area contributed by atoms with Crippen LogP contribution in [0.2, 0.25) is 0 Å². The number of rotatable bonds is 8. The van der Waals surface area contributed by atoms with Gasteiger partial charge in [-0.3, -0.25) is 4.68 Å². The Balaban J connectivity index is 2.79. The van der Waals surface area contributed by atoms with Crippen molar-refractivity contribution in [1.29, 1.82) is 0 Å².